The molecule has 2 aromatic carbocycles. The van der Waals surface area contributed by atoms with Crippen molar-refractivity contribution in [3.05, 3.63) is 64.7 Å². The van der Waals surface area contributed by atoms with Crippen molar-refractivity contribution in [2.75, 3.05) is 23.7 Å². The SMILES string of the molecule is CCCNC(=O)[C@@H](CC)N(Cc1ccc(Cl)cc1)C(=O)CN(c1ccccc1C)S(C)(=O)=O. The summed E-state index contributed by atoms with van der Waals surface area (Å²) in [6.07, 6.45) is 2.22. The molecule has 0 saturated carbocycles. The number of rotatable bonds is 11. The number of anilines is 1. The molecule has 7 nitrogen and oxygen atoms in total. The normalized spacial score (nSPS) is 12.2. The third-order valence-electron chi connectivity index (χ3n) is 5.26. The number of benzene rings is 2. The van der Waals surface area contributed by atoms with Gasteiger partial charge in [0.2, 0.25) is 21.8 Å². The average molecular weight is 494 g/mol. The fourth-order valence-electron chi connectivity index (χ4n) is 3.51. The first-order valence-electron chi connectivity index (χ1n) is 10.9. The van der Waals surface area contributed by atoms with Crippen LogP contribution in [0.2, 0.25) is 5.02 Å². The molecular weight excluding hydrogens is 462 g/mol. The molecule has 2 rings (SSSR count). The molecule has 0 bridgehead atoms. The van der Waals surface area contributed by atoms with Gasteiger partial charge in [-0.25, -0.2) is 8.42 Å². The Morgan fingerprint density at radius 3 is 2.24 bits per heavy atom. The molecule has 0 fully saturated rings. The number of nitrogens with zero attached hydrogens (tertiary/aromatic N) is 2. The Morgan fingerprint density at radius 2 is 1.70 bits per heavy atom. The molecule has 9 heteroatoms. The van der Waals surface area contributed by atoms with Gasteiger partial charge in [-0.2, -0.15) is 0 Å². The summed E-state index contributed by atoms with van der Waals surface area (Å²) >= 11 is 5.99. The molecule has 180 valence electrons. The summed E-state index contributed by atoms with van der Waals surface area (Å²) in [5.41, 5.74) is 1.95. The van der Waals surface area contributed by atoms with E-state index in [0.717, 1.165) is 28.1 Å². The highest BCUT2D eigenvalue weighted by atomic mass is 35.5. The fourth-order valence-corrected chi connectivity index (χ4v) is 4.54. The Bertz CT molecular complexity index is 1060. The van der Waals surface area contributed by atoms with E-state index in [2.05, 4.69) is 5.32 Å². The smallest absolute Gasteiger partial charge is 0.244 e. The number of hydrogen-bond acceptors (Lipinski definition) is 4. The lowest BCUT2D eigenvalue weighted by Crippen LogP contribution is -2.52. The van der Waals surface area contributed by atoms with E-state index in [1.165, 1.54) is 4.90 Å². The van der Waals surface area contributed by atoms with Crippen LogP contribution < -0.4 is 9.62 Å². The number of sulfonamides is 1. The van der Waals surface area contributed by atoms with Gasteiger partial charge >= 0.3 is 0 Å². The van der Waals surface area contributed by atoms with Crippen molar-refractivity contribution in [2.24, 2.45) is 0 Å². The zero-order valence-electron chi connectivity index (χ0n) is 19.5. The molecule has 1 N–H and O–H groups in total. The van der Waals surface area contributed by atoms with Gasteiger partial charge in [-0.15, -0.1) is 0 Å². The highest BCUT2D eigenvalue weighted by Crippen LogP contribution is 2.23. The molecule has 0 aromatic heterocycles. The van der Waals surface area contributed by atoms with Crippen LogP contribution in [0.3, 0.4) is 0 Å². The summed E-state index contributed by atoms with van der Waals surface area (Å²) in [7, 11) is -3.75. The topological polar surface area (TPSA) is 86.8 Å². The van der Waals surface area contributed by atoms with Gasteiger partial charge in [0.05, 0.1) is 11.9 Å². The maximum Gasteiger partial charge on any atom is 0.244 e. The highest BCUT2D eigenvalue weighted by Gasteiger charge is 2.31. The predicted octanol–water partition coefficient (Wildman–Crippen LogP) is 3.75. The Balaban J connectivity index is 2.42. The van der Waals surface area contributed by atoms with Crippen LogP contribution in [0.5, 0.6) is 0 Å². The summed E-state index contributed by atoms with van der Waals surface area (Å²) < 4.78 is 26.3. The zero-order valence-corrected chi connectivity index (χ0v) is 21.1. The van der Waals surface area contributed by atoms with Crippen LogP contribution in [-0.2, 0) is 26.2 Å². The standard InChI is InChI=1S/C24H32ClN3O4S/c1-5-15-26-24(30)21(6-2)27(16-19-11-13-20(25)14-12-19)23(29)17-28(33(4,31)32)22-10-8-7-9-18(22)3/h7-14,21H,5-6,15-17H2,1-4H3,(H,26,30)/t21-/m1/s1. The first-order valence-corrected chi connectivity index (χ1v) is 13.2. The van der Waals surface area contributed by atoms with E-state index in [1.807, 2.05) is 13.8 Å². The van der Waals surface area contributed by atoms with Gasteiger partial charge in [-0.1, -0.05) is 55.8 Å². The lowest BCUT2D eigenvalue weighted by Gasteiger charge is -2.33. The lowest BCUT2D eigenvalue weighted by atomic mass is 10.1. The number of carbonyl (C=O) groups is 2. The maximum atomic E-state index is 13.5. The summed E-state index contributed by atoms with van der Waals surface area (Å²) in [6, 6.07) is 13.3. The Labute approximate surface area is 201 Å². The fraction of sp³-hybridized carbons (Fsp3) is 0.417. The van der Waals surface area contributed by atoms with Crippen molar-refractivity contribution in [3.63, 3.8) is 0 Å². The minimum absolute atomic E-state index is 0.152. The Hall–Kier alpha value is -2.58. The number of halogens is 1. The lowest BCUT2D eigenvalue weighted by molar-refractivity contribution is -0.140. The second-order valence-electron chi connectivity index (χ2n) is 7.92. The maximum absolute atomic E-state index is 13.5. The molecule has 0 saturated heterocycles. The monoisotopic (exact) mass is 493 g/mol. The van der Waals surface area contributed by atoms with E-state index >= 15 is 0 Å². The minimum atomic E-state index is -3.75. The van der Waals surface area contributed by atoms with E-state index in [9.17, 15) is 18.0 Å². The zero-order chi connectivity index (χ0) is 24.6. The van der Waals surface area contributed by atoms with Gasteiger partial charge in [-0.3, -0.25) is 13.9 Å². The number of carbonyl (C=O) groups excluding carboxylic acids is 2. The second kappa shape index (κ2) is 12.0. The van der Waals surface area contributed by atoms with Gasteiger partial charge in [0.1, 0.15) is 12.6 Å². The van der Waals surface area contributed by atoms with Crippen LogP contribution in [0.15, 0.2) is 48.5 Å². The van der Waals surface area contributed by atoms with Crippen molar-refractivity contribution in [1.29, 1.82) is 0 Å². The molecule has 0 aliphatic rings. The summed E-state index contributed by atoms with van der Waals surface area (Å²) in [4.78, 5) is 27.9. The van der Waals surface area contributed by atoms with E-state index in [4.69, 9.17) is 11.6 Å². The number of amides is 2. The van der Waals surface area contributed by atoms with E-state index in [1.54, 1.807) is 55.5 Å². The van der Waals surface area contributed by atoms with E-state index < -0.39 is 28.5 Å². The van der Waals surface area contributed by atoms with Crippen LogP contribution in [0.1, 0.15) is 37.8 Å². The second-order valence-corrected chi connectivity index (χ2v) is 10.3. The van der Waals surface area contributed by atoms with Gasteiger partial charge in [-0.05, 0) is 49.1 Å². The molecule has 0 aliphatic heterocycles. The molecule has 0 spiro atoms. The van der Waals surface area contributed by atoms with E-state index in [-0.39, 0.29) is 12.5 Å². The first-order chi connectivity index (χ1) is 15.6. The number of nitrogens with one attached hydrogen (secondary N) is 1. The third kappa shape index (κ3) is 7.47. The predicted molar refractivity (Wildman–Crippen MR) is 133 cm³/mol. The average Bonchev–Trinajstić information content (AvgIpc) is 2.77. The first kappa shape index (κ1) is 26.7. The van der Waals surface area contributed by atoms with Crippen LogP contribution in [0, 0.1) is 6.92 Å². The van der Waals surface area contributed by atoms with Crippen molar-refractivity contribution in [3.8, 4) is 0 Å². The van der Waals surface area contributed by atoms with Gasteiger partial charge in [0.15, 0.2) is 0 Å². The number of hydrogen-bond donors (Lipinski definition) is 1. The van der Waals surface area contributed by atoms with Crippen LogP contribution >= 0.6 is 11.6 Å². The molecule has 0 aliphatic carbocycles. The van der Waals surface area contributed by atoms with Gasteiger partial charge < -0.3 is 10.2 Å². The van der Waals surface area contributed by atoms with Crippen LogP contribution in [-0.4, -0.2) is 50.5 Å². The highest BCUT2D eigenvalue weighted by molar-refractivity contribution is 7.92. The summed E-state index contributed by atoms with van der Waals surface area (Å²) in [5.74, 6) is -0.722. The van der Waals surface area contributed by atoms with Gasteiger partial charge in [0, 0.05) is 18.1 Å². The number of aryl methyl sites for hydroxylation is 1. The van der Waals surface area contributed by atoms with Gasteiger partial charge in [0.25, 0.3) is 0 Å². The Morgan fingerprint density at radius 1 is 1.06 bits per heavy atom. The van der Waals surface area contributed by atoms with Crippen molar-refractivity contribution < 1.29 is 18.0 Å². The molecule has 0 heterocycles. The Kier molecular flexibility index (Phi) is 9.73. The van der Waals surface area contributed by atoms with Crippen LogP contribution in [0.25, 0.3) is 0 Å². The largest absolute Gasteiger partial charge is 0.354 e. The quantitative estimate of drug-likeness (QED) is 0.516. The molecule has 2 amide bonds. The summed E-state index contributed by atoms with van der Waals surface area (Å²) in [5, 5.41) is 3.41. The third-order valence-corrected chi connectivity index (χ3v) is 6.64. The summed E-state index contributed by atoms with van der Waals surface area (Å²) in [6.45, 7) is 5.81. The van der Waals surface area contributed by atoms with Crippen molar-refractivity contribution in [2.45, 2.75) is 46.2 Å². The van der Waals surface area contributed by atoms with Crippen molar-refractivity contribution in [1.82, 2.24) is 10.2 Å². The minimum Gasteiger partial charge on any atom is -0.354 e. The number of para-hydroxylation sites is 1. The van der Waals surface area contributed by atoms with E-state index in [0.29, 0.717) is 23.7 Å². The van der Waals surface area contributed by atoms with Crippen LogP contribution in [0.4, 0.5) is 5.69 Å². The molecule has 1 atom stereocenters. The molecule has 0 radical (unpaired) electrons. The molecular formula is C24H32ClN3O4S. The van der Waals surface area contributed by atoms with Crippen molar-refractivity contribution >= 4 is 39.1 Å². The molecule has 33 heavy (non-hydrogen) atoms. The molecule has 0 unspecified atom stereocenters. The molecule has 2 aromatic rings.